The molecule has 0 aliphatic heterocycles. The second-order valence-electron chi connectivity index (χ2n) is 6.89. The maximum absolute atomic E-state index is 13.0. The Hall–Kier alpha value is -3.02. The maximum Gasteiger partial charge on any atom is 0.261 e. The van der Waals surface area contributed by atoms with Gasteiger partial charge < -0.3 is 19.7 Å². The van der Waals surface area contributed by atoms with Crippen molar-refractivity contribution in [3.05, 3.63) is 59.7 Å². The number of para-hydroxylation sites is 1. The van der Waals surface area contributed by atoms with Gasteiger partial charge >= 0.3 is 0 Å². The van der Waals surface area contributed by atoms with Gasteiger partial charge in [-0.1, -0.05) is 37.3 Å². The second kappa shape index (κ2) is 11.1. The van der Waals surface area contributed by atoms with Crippen molar-refractivity contribution in [2.45, 2.75) is 39.8 Å². The molecule has 0 saturated heterocycles. The molecule has 0 bridgehead atoms. The smallest absolute Gasteiger partial charge is 0.261 e. The topological polar surface area (TPSA) is 67.9 Å². The van der Waals surface area contributed by atoms with Crippen molar-refractivity contribution in [2.75, 3.05) is 20.3 Å². The Kier molecular flexibility index (Phi) is 8.52. The number of nitrogens with zero attached hydrogens (tertiary/aromatic N) is 1. The van der Waals surface area contributed by atoms with E-state index < -0.39 is 6.04 Å². The number of nitrogens with one attached hydrogen (secondary N) is 1. The number of amides is 2. The zero-order valence-electron chi connectivity index (χ0n) is 17.6. The van der Waals surface area contributed by atoms with E-state index in [2.05, 4.69) is 5.32 Å². The van der Waals surface area contributed by atoms with Gasteiger partial charge in [0.1, 0.15) is 17.5 Å². The highest BCUT2D eigenvalue weighted by Crippen LogP contribution is 2.18. The number of aryl methyl sites for hydroxylation is 1. The molecule has 6 heteroatoms. The standard InChI is InChI=1S/C23H30N2O4/c1-5-14-24-23(27)18(3)25(15-19-10-12-20(28-4)13-11-19)22(26)16-29-21-9-7-6-8-17(21)2/h6-13,18H,5,14-16H2,1-4H3,(H,24,27)/t18-/m1/s1. The highest BCUT2D eigenvalue weighted by molar-refractivity contribution is 5.87. The van der Waals surface area contributed by atoms with Crippen molar-refractivity contribution in [1.82, 2.24) is 10.2 Å². The second-order valence-corrected chi connectivity index (χ2v) is 6.89. The maximum atomic E-state index is 13.0. The van der Waals surface area contributed by atoms with E-state index in [4.69, 9.17) is 9.47 Å². The summed E-state index contributed by atoms with van der Waals surface area (Å²) in [5.74, 6) is 0.976. The van der Waals surface area contributed by atoms with Gasteiger partial charge in [-0.3, -0.25) is 9.59 Å². The molecule has 0 saturated carbocycles. The highest BCUT2D eigenvalue weighted by Gasteiger charge is 2.26. The molecule has 1 atom stereocenters. The van der Waals surface area contributed by atoms with E-state index >= 15 is 0 Å². The number of ether oxygens (including phenoxy) is 2. The molecule has 0 fully saturated rings. The Morgan fingerprint density at radius 2 is 1.79 bits per heavy atom. The SMILES string of the molecule is CCCNC(=O)[C@@H](C)N(Cc1ccc(OC)cc1)C(=O)COc1ccccc1C. The van der Waals surface area contributed by atoms with E-state index in [1.165, 1.54) is 0 Å². The molecule has 6 nitrogen and oxygen atoms in total. The van der Waals surface area contributed by atoms with Crippen LogP contribution in [0.2, 0.25) is 0 Å². The predicted octanol–water partition coefficient (Wildman–Crippen LogP) is 3.33. The fraction of sp³-hybridized carbons (Fsp3) is 0.391. The molecule has 0 aliphatic carbocycles. The molecule has 0 radical (unpaired) electrons. The summed E-state index contributed by atoms with van der Waals surface area (Å²) >= 11 is 0. The molecule has 0 aliphatic rings. The minimum atomic E-state index is -0.614. The molecule has 0 spiro atoms. The van der Waals surface area contributed by atoms with Gasteiger partial charge in [0.15, 0.2) is 6.61 Å². The Morgan fingerprint density at radius 1 is 1.10 bits per heavy atom. The number of carbonyl (C=O) groups excluding carboxylic acids is 2. The third-order valence-corrected chi connectivity index (χ3v) is 4.67. The highest BCUT2D eigenvalue weighted by atomic mass is 16.5. The summed E-state index contributed by atoms with van der Waals surface area (Å²) in [6.07, 6.45) is 0.835. The van der Waals surface area contributed by atoms with Gasteiger partial charge in [0.2, 0.25) is 5.91 Å². The molecule has 29 heavy (non-hydrogen) atoms. The molecule has 0 unspecified atom stereocenters. The van der Waals surface area contributed by atoms with Gasteiger partial charge in [-0.25, -0.2) is 0 Å². The van der Waals surface area contributed by atoms with Crippen LogP contribution in [0.15, 0.2) is 48.5 Å². The molecule has 1 N–H and O–H groups in total. The molecule has 156 valence electrons. The van der Waals surface area contributed by atoms with Gasteiger partial charge in [-0.2, -0.15) is 0 Å². The fourth-order valence-corrected chi connectivity index (χ4v) is 2.85. The van der Waals surface area contributed by atoms with Crippen LogP contribution in [0.3, 0.4) is 0 Å². The monoisotopic (exact) mass is 398 g/mol. The van der Waals surface area contributed by atoms with Crippen LogP contribution in [0.4, 0.5) is 0 Å². The summed E-state index contributed by atoms with van der Waals surface area (Å²) in [7, 11) is 1.61. The largest absolute Gasteiger partial charge is 0.497 e. The van der Waals surface area contributed by atoms with Gasteiger partial charge in [0.05, 0.1) is 7.11 Å². The minimum absolute atomic E-state index is 0.133. The normalized spacial score (nSPS) is 11.4. The lowest BCUT2D eigenvalue weighted by molar-refractivity contribution is -0.142. The number of hydrogen-bond acceptors (Lipinski definition) is 4. The fourth-order valence-electron chi connectivity index (χ4n) is 2.85. The zero-order chi connectivity index (χ0) is 21.2. The average molecular weight is 399 g/mol. The van der Waals surface area contributed by atoms with E-state index in [1.807, 2.05) is 62.4 Å². The van der Waals surface area contributed by atoms with Crippen LogP contribution < -0.4 is 14.8 Å². The van der Waals surface area contributed by atoms with Crippen molar-refractivity contribution in [1.29, 1.82) is 0 Å². The molecule has 2 rings (SSSR count). The summed E-state index contributed by atoms with van der Waals surface area (Å²) in [5, 5.41) is 2.86. The quantitative estimate of drug-likeness (QED) is 0.667. The summed E-state index contributed by atoms with van der Waals surface area (Å²) in [5.41, 5.74) is 1.86. The average Bonchev–Trinajstić information content (AvgIpc) is 2.75. The van der Waals surface area contributed by atoms with Crippen LogP contribution >= 0.6 is 0 Å². The van der Waals surface area contributed by atoms with Crippen LogP contribution in [0.25, 0.3) is 0 Å². The van der Waals surface area contributed by atoms with Crippen molar-refractivity contribution in [3.8, 4) is 11.5 Å². The summed E-state index contributed by atoms with van der Waals surface area (Å²) < 4.78 is 10.9. The zero-order valence-corrected chi connectivity index (χ0v) is 17.6. The predicted molar refractivity (Wildman–Crippen MR) is 113 cm³/mol. The Bertz CT molecular complexity index is 805. The van der Waals surface area contributed by atoms with E-state index in [9.17, 15) is 9.59 Å². The molecular formula is C23H30N2O4. The van der Waals surface area contributed by atoms with E-state index in [0.29, 0.717) is 18.8 Å². The first-order valence-corrected chi connectivity index (χ1v) is 9.84. The van der Waals surface area contributed by atoms with Crippen molar-refractivity contribution in [2.24, 2.45) is 0 Å². The number of methoxy groups -OCH3 is 1. The van der Waals surface area contributed by atoms with Gasteiger partial charge in [-0.05, 0) is 49.6 Å². The van der Waals surface area contributed by atoms with Crippen LogP contribution in [0.1, 0.15) is 31.4 Å². The molecule has 0 aromatic heterocycles. The van der Waals surface area contributed by atoms with Crippen LogP contribution in [-0.2, 0) is 16.1 Å². The lowest BCUT2D eigenvalue weighted by Gasteiger charge is -2.29. The molecule has 2 aromatic carbocycles. The minimum Gasteiger partial charge on any atom is -0.497 e. The van der Waals surface area contributed by atoms with Gasteiger partial charge in [-0.15, -0.1) is 0 Å². The van der Waals surface area contributed by atoms with Crippen molar-refractivity contribution in [3.63, 3.8) is 0 Å². The first-order chi connectivity index (χ1) is 14.0. The molecule has 2 aromatic rings. The van der Waals surface area contributed by atoms with Crippen LogP contribution in [0.5, 0.6) is 11.5 Å². The Labute approximate surface area is 172 Å². The summed E-state index contributed by atoms with van der Waals surface area (Å²) in [6.45, 7) is 6.40. The van der Waals surface area contributed by atoms with Crippen LogP contribution in [-0.4, -0.2) is 43.0 Å². The van der Waals surface area contributed by atoms with E-state index in [0.717, 1.165) is 23.3 Å². The molecule has 2 amide bonds. The van der Waals surface area contributed by atoms with E-state index in [1.54, 1.807) is 18.9 Å². The number of hydrogen-bond donors (Lipinski definition) is 1. The van der Waals surface area contributed by atoms with Crippen molar-refractivity contribution >= 4 is 11.8 Å². The first kappa shape index (κ1) is 22.3. The summed E-state index contributed by atoms with van der Waals surface area (Å²) in [6, 6.07) is 14.4. The first-order valence-electron chi connectivity index (χ1n) is 9.84. The van der Waals surface area contributed by atoms with Crippen molar-refractivity contribution < 1.29 is 19.1 Å². The van der Waals surface area contributed by atoms with Crippen LogP contribution in [0, 0.1) is 6.92 Å². The Balaban J connectivity index is 2.14. The Morgan fingerprint density at radius 3 is 2.41 bits per heavy atom. The lowest BCUT2D eigenvalue weighted by atomic mass is 10.1. The van der Waals surface area contributed by atoms with E-state index in [-0.39, 0.29) is 18.4 Å². The molecular weight excluding hydrogens is 368 g/mol. The third-order valence-electron chi connectivity index (χ3n) is 4.67. The van der Waals surface area contributed by atoms with Gasteiger partial charge in [0, 0.05) is 13.1 Å². The lowest BCUT2D eigenvalue weighted by Crippen LogP contribution is -2.49. The third kappa shape index (κ3) is 6.52. The number of rotatable bonds is 10. The number of carbonyl (C=O) groups is 2. The summed E-state index contributed by atoms with van der Waals surface area (Å²) in [4.78, 5) is 27.0. The van der Waals surface area contributed by atoms with Gasteiger partial charge in [0.25, 0.3) is 5.91 Å². The molecule has 0 heterocycles. The number of benzene rings is 2.